The molecule has 1 aromatic heterocycles. The van der Waals surface area contributed by atoms with Crippen molar-refractivity contribution in [2.24, 2.45) is 0 Å². The minimum absolute atomic E-state index is 0.341. The highest BCUT2D eigenvalue weighted by Gasteiger charge is 2.07. The Labute approximate surface area is 140 Å². The van der Waals surface area contributed by atoms with Crippen LogP contribution in [0, 0.1) is 12.7 Å². The fraction of sp³-hybridized carbons (Fsp3) is 0.158. The number of hydrogen-bond acceptors (Lipinski definition) is 4. The molecular weight excluding hydrogens is 303 g/mol. The molecule has 0 atom stereocenters. The highest BCUT2D eigenvalue weighted by atomic mass is 19.1. The average Bonchev–Trinajstić information content (AvgIpc) is 2.59. The monoisotopic (exact) mass is 322 g/mol. The van der Waals surface area contributed by atoms with E-state index in [1.54, 1.807) is 30.5 Å². The number of hydrogen-bond donors (Lipinski definition) is 2. The number of aromatic nitrogens is 2. The van der Waals surface area contributed by atoms with E-state index in [1.807, 2.05) is 6.07 Å². The van der Waals surface area contributed by atoms with Crippen LogP contribution in [0.1, 0.15) is 18.1 Å². The summed E-state index contributed by atoms with van der Waals surface area (Å²) < 4.78 is 13.7. The average molecular weight is 322 g/mol. The molecule has 0 bridgehead atoms. The van der Waals surface area contributed by atoms with Gasteiger partial charge in [0.15, 0.2) is 0 Å². The highest BCUT2D eigenvalue weighted by Crippen LogP contribution is 2.25. The first-order valence-corrected chi connectivity index (χ1v) is 7.87. The van der Waals surface area contributed by atoms with Crippen LogP contribution in [0.5, 0.6) is 0 Å². The summed E-state index contributed by atoms with van der Waals surface area (Å²) in [4.78, 5) is 8.57. The summed E-state index contributed by atoms with van der Waals surface area (Å²) in [6.45, 7) is 4.17. The fourth-order valence-corrected chi connectivity index (χ4v) is 2.50. The Morgan fingerprint density at radius 3 is 2.62 bits per heavy atom. The number of nitrogens with zero attached hydrogens (tertiary/aromatic N) is 2. The Morgan fingerprint density at radius 2 is 1.83 bits per heavy atom. The maximum Gasteiger partial charge on any atom is 0.229 e. The van der Waals surface area contributed by atoms with Crippen LogP contribution in [0.15, 0.2) is 54.7 Å². The molecule has 5 heteroatoms. The van der Waals surface area contributed by atoms with E-state index in [0.717, 1.165) is 17.7 Å². The van der Waals surface area contributed by atoms with Crippen molar-refractivity contribution in [1.82, 2.24) is 9.97 Å². The molecule has 2 N–H and O–H groups in total. The summed E-state index contributed by atoms with van der Waals surface area (Å²) in [7, 11) is 0. The molecule has 0 aliphatic carbocycles. The lowest BCUT2D eigenvalue weighted by molar-refractivity contribution is 0.631. The molecule has 24 heavy (non-hydrogen) atoms. The third-order valence-corrected chi connectivity index (χ3v) is 3.77. The molecule has 0 aliphatic heterocycles. The molecule has 0 spiro atoms. The van der Waals surface area contributed by atoms with E-state index >= 15 is 0 Å². The number of anilines is 4. The van der Waals surface area contributed by atoms with Gasteiger partial charge in [-0.1, -0.05) is 37.3 Å². The molecule has 0 radical (unpaired) electrons. The number of aryl methyl sites for hydroxylation is 2. The molecule has 3 aromatic rings. The molecule has 3 rings (SSSR count). The van der Waals surface area contributed by atoms with Crippen molar-refractivity contribution in [3.05, 3.63) is 71.7 Å². The van der Waals surface area contributed by atoms with Crippen molar-refractivity contribution in [2.75, 3.05) is 10.6 Å². The van der Waals surface area contributed by atoms with Crippen LogP contribution in [0.25, 0.3) is 0 Å². The zero-order valence-corrected chi connectivity index (χ0v) is 13.7. The minimum Gasteiger partial charge on any atom is -0.340 e. The summed E-state index contributed by atoms with van der Waals surface area (Å²) in [6.07, 6.45) is 2.57. The summed E-state index contributed by atoms with van der Waals surface area (Å²) >= 11 is 0. The van der Waals surface area contributed by atoms with E-state index in [1.165, 1.54) is 11.6 Å². The lowest BCUT2D eigenvalue weighted by Crippen LogP contribution is -2.03. The van der Waals surface area contributed by atoms with Crippen LogP contribution in [-0.2, 0) is 6.42 Å². The van der Waals surface area contributed by atoms with Crippen molar-refractivity contribution < 1.29 is 4.39 Å². The highest BCUT2D eigenvalue weighted by molar-refractivity contribution is 5.65. The van der Waals surface area contributed by atoms with Crippen LogP contribution in [0.2, 0.25) is 0 Å². The minimum atomic E-state index is -0.341. The van der Waals surface area contributed by atoms with Gasteiger partial charge in [-0.25, -0.2) is 9.37 Å². The second kappa shape index (κ2) is 7.08. The number of rotatable bonds is 5. The Bertz CT molecular complexity index is 848. The van der Waals surface area contributed by atoms with Gasteiger partial charge in [-0.15, -0.1) is 0 Å². The van der Waals surface area contributed by atoms with Crippen LogP contribution in [0.3, 0.4) is 0 Å². The van der Waals surface area contributed by atoms with Crippen LogP contribution in [-0.4, -0.2) is 9.97 Å². The zero-order chi connectivity index (χ0) is 16.9. The first kappa shape index (κ1) is 15.9. The fourth-order valence-electron chi connectivity index (χ4n) is 2.50. The molecule has 2 aromatic carbocycles. The van der Waals surface area contributed by atoms with Crippen molar-refractivity contribution in [3.63, 3.8) is 0 Å². The predicted octanol–water partition coefficient (Wildman–Crippen LogP) is 4.97. The summed E-state index contributed by atoms with van der Waals surface area (Å²) in [5, 5.41) is 6.25. The van der Waals surface area contributed by atoms with Gasteiger partial charge >= 0.3 is 0 Å². The maximum absolute atomic E-state index is 13.7. The van der Waals surface area contributed by atoms with E-state index < -0.39 is 0 Å². The van der Waals surface area contributed by atoms with Gasteiger partial charge in [0.2, 0.25) is 5.95 Å². The van der Waals surface area contributed by atoms with Crippen molar-refractivity contribution in [1.29, 1.82) is 0 Å². The van der Waals surface area contributed by atoms with E-state index in [-0.39, 0.29) is 5.82 Å². The number of benzene rings is 2. The lowest BCUT2D eigenvalue weighted by atomic mass is 10.1. The Balaban J connectivity index is 1.85. The number of halogens is 1. The molecule has 0 amide bonds. The van der Waals surface area contributed by atoms with Gasteiger partial charge in [0.25, 0.3) is 0 Å². The van der Waals surface area contributed by atoms with Gasteiger partial charge in [0.05, 0.1) is 5.69 Å². The zero-order valence-electron chi connectivity index (χ0n) is 13.7. The molecule has 0 saturated carbocycles. The van der Waals surface area contributed by atoms with Crippen LogP contribution in [0.4, 0.5) is 27.5 Å². The predicted molar refractivity (Wildman–Crippen MR) is 95.6 cm³/mol. The van der Waals surface area contributed by atoms with Gasteiger partial charge in [-0.2, -0.15) is 4.98 Å². The first-order chi connectivity index (χ1) is 11.7. The molecular formula is C19H19FN4. The van der Waals surface area contributed by atoms with Gasteiger partial charge in [0.1, 0.15) is 11.6 Å². The maximum atomic E-state index is 13.7. The quantitative estimate of drug-likeness (QED) is 0.696. The Hall–Kier alpha value is -2.95. The molecule has 0 aliphatic rings. The van der Waals surface area contributed by atoms with E-state index in [9.17, 15) is 4.39 Å². The number of para-hydroxylation sites is 2. The summed E-state index contributed by atoms with van der Waals surface area (Å²) in [6, 6.07) is 14.4. The van der Waals surface area contributed by atoms with E-state index in [2.05, 4.69) is 46.6 Å². The summed E-state index contributed by atoms with van der Waals surface area (Å²) in [5.41, 5.74) is 3.77. The molecule has 0 saturated heterocycles. The summed E-state index contributed by atoms with van der Waals surface area (Å²) in [5.74, 6) is 0.663. The second-order valence-corrected chi connectivity index (χ2v) is 5.46. The van der Waals surface area contributed by atoms with Crippen molar-refractivity contribution in [3.8, 4) is 0 Å². The first-order valence-electron chi connectivity index (χ1n) is 7.87. The Kier molecular flexibility index (Phi) is 4.70. The molecule has 4 nitrogen and oxygen atoms in total. The Morgan fingerprint density at radius 1 is 1.00 bits per heavy atom. The third kappa shape index (κ3) is 3.51. The van der Waals surface area contributed by atoms with Gasteiger partial charge in [0, 0.05) is 11.9 Å². The third-order valence-electron chi connectivity index (χ3n) is 3.77. The molecule has 0 fully saturated rings. The topological polar surface area (TPSA) is 49.8 Å². The second-order valence-electron chi connectivity index (χ2n) is 5.46. The van der Waals surface area contributed by atoms with Gasteiger partial charge in [-0.05, 0) is 42.7 Å². The lowest BCUT2D eigenvalue weighted by Gasteiger charge is -2.14. The molecule has 1 heterocycles. The number of nitrogens with one attached hydrogen (secondary N) is 2. The van der Waals surface area contributed by atoms with Crippen molar-refractivity contribution in [2.45, 2.75) is 20.3 Å². The smallest absolute Gasteiger partial charge is 0.229 e. The standard InChI is InChI=1S/C19H19FN4/c1-3-14-8-6-7-13(2)18(14)23-17-11-12-21-19(24-17)22-16-10-5-4-9-15(16)20/h4-12H,3H2,1-2H3,(H2,21,22,23,24). The van der Waals surface area contributed by atoms with E-state index in [0.29, 0.717) is 17.5 Å². The van der Waals surface area contributed by atoms with E-state index in [4.69, 9.17) is 0 Å². The SMILES string of the molecule is CCc1cccc(C)c1Nc1ccnc(Nc2ccccc2F)n1. The largest absolute Gasteiger partial charge is 0.340 e. The van der Waals surface area contributed by atoms with Crippen LogP contribution < -0.4 is 10.6 Å². The van der Waals surface area contributed by atoms with Gasteiger partial charge < -0.3 is 10.6 Å². The normalized spacial score (nSPS) is 10.5. The van der Waals surface area contributed by atoms with Crippen LogP contribution >= 0.6 is 0 Å². The molecule has 122 valence electrons. The van der Waals surface area contributed by atoms with Gasteiger partial charge in [-0.3, -0.25) is 0 Å². The van der Waals surface area contributed by atoms with Crippen molar-refractivity contribution >= 4 is 23.1 Å². The molecule has 0 unspecified atom stereocenters.